The first-order valence-corrected chi connectivity index (χ1v) is 5.89. The third kappa shape index (κ3) is 3.21. The predicted octanol–water partition coefficient (Wildman–Crippen LogP) is 2.23. The van der Waals surface area contributed by atoms with Gasteiger partial charge in [-0.3, -0.25) is 0 Å². The number of nitriles is 1. The summed E-state index contributed by atoms with van der Waals surface area (Å²) in [4.78, 5) is 10.6. The van der Waals surface area contributed by atoms with E-state index < -0.39 is 6.03 Å². The van der Waals surface area contributed by atoms with Crippen LogP contribution in [0, 0.1) is 11.3 Å². The smallest absolute Gasteiger partial charge is 0.332 e. The normalized spacial score (nSPS) is 10.2. The highest BCUT2D eigenvalue weighted by molar-refractivity contribution is 5.90. The molecule has 0 atom stereocenters. The van der Waals surface area contributed by atoms with E-state index in [1.165, 1.54) is 6.21 Å². The van der Waals surface area contributed by atoms with Crippen molar-refractivity contribution in [2.75, 3.05) is 0 Å². The number of urea groups is 1. The van der Waals surface area contributed by atoms with Crippen LogP contribution in [0.1, 0.15) is 11.1 Å². The topological polar surface area (TPSA) is 91.3 Å². The van der Waals surface area contributed by atoms with Gasteiger partial charge in [0.2, 0.25) is 0 Å². The minimum absolute atomic E-state index is 0.607. The number of amides is 2. The van der Waals surface area contributed by atoms with Crippen LogP contribution < -0.4 is 11.2 Å². The van der Waals surface area contributed by atoms with E-state index in [2.05, 4.69) is 16.6 Å². The third-order valence-electron chi connectivity index (χ3n) is 2.66. The first kappa shape index (κ1) is 13.3. The maximum atomic E-state index is 10.6. The zero-order valence-electron chi connectivity index (χ0n) is 10.6. The van der Waals surface area contributed by atoms with Gasteiger partial charge in [0.1, 0.15) is 0 Å². The second-order valence-electron chi connectivity index (χ2n) is 4.01. The quantitative estimate of drug-likeness (QED) is 0.657. The number of benzene rings is 2. The number of hydrogen-bond acceptors (Lipinski definition) is 3. The van der Waals surface area contributed by atoms with Crippen molar-refractivity contribution < 1.29 is 4.79 Å². The Morgan fingerprint density at radius 1 is 1.20 bits per heavy atom. The molecule has 0 aliphatic heterocycles. The van der Waals surface area contributed by atoms with Gasteiger partial charge in [-0.05, 0) is 23.3 Å². The highest BCUT2D eigenvalue weighted by atomic mass is 16.2. The highest BCUT2D eigenvalue weighted by Crippen LogP contribution is 2.22. The lowest BCUT2D eigenvalue weighted by Gasteiger charge is -2.05. The van der Waals surface area contributed by atoms with Gasteiger partial charge in [-0.15, -0.1) is 0 Å². The van der Waals surface area contributed by atoms with Crippen molar-refractivity contribution in [1.29, 1.82) is 5.26 Å². The number of nitrogens with zero attached hydrogens (tertiary/aromatic N) is 2. The van der Waals surface area contributed by atoms with Gasteiger partial charge in [-0.25, -0.2) is 10.2 Å². The summed E-state index contributed by atoms with van der Waals surface area (Å²) in [6.07, 6.45) is 1.53. The average molecular weight is 264 g/mol. The molecule has 0 heterocycles. The van der Waals surface area contributed by atoms with Gasteiger partial charge in [-0.2, -0.15) is 10.4 Å². The molecule has 0 fully saturated rings. The van der Waals surface area contributed by atoms with Gasteiger partial charge in [0.05, 0.1) is 17.8 Å². The van der Waals surface area contributed by atoms with E-state index in [0.29, 0.717) is 5.56 Å². The Labute approximate surface area is 116 Å². The molecule has 5 heteroatoms. The van der Waals surface area contributed by atoms with E-state index >= 15 is 0 Å². The van der Waals surface area contributed by atoms with Crippen LogP contribution >= 0.6 is 0 Å². The van der Waals surface area contributed by atoms with Crippen molar-refractivity contribution in [2.45, 2.75) is 0 Å². The van der Waals surface area contributed by atoms with Crippen LogP contribution in [0.15, 0.2) is 53.6 Å². The van der Waals surface area contributed by atoms with Gasteiger partial charge < -0.3 is 5.73 Å². The maximum absolute atomic E-state index is 10.6. The average Bonchev–Trinajstić information content (AvgIpc) is 2.47. The Hall–Kier alpha value is -3.13. The van der Waals surface area contributed by atoms with Gasteiger partial charge in [0, 0.05) is 5.56 Å². The molecule has 0 aromatic heterocycles. The summed E-state index contributed by atoms with van der Waals surface area (Å²) in [5, 5.41) is 12.6. The molecular weight excluding hydrogens is 252 g/mol. The Morgan fingerprint density at radius 3 is 2.55 bits per heavy atom. The first-order valence-electron chi connectivity index (χ1n) is 5.89. The van der Waals surface area contributed by atoms with E-state index in [0.717, 1.165) is 16.7 Å². The molecule has 5 nitrogen and oxygen atoms in total. The fourth-order valence-corrected chi connectivity index (χ4v) is 1.76. The van der Waals surface area contributed by atoms with Gasteiger partial charge in [0.15, 0.2) is 0 Å². The molecule has 0 bridgehead atoms. The van der Waals surface area contributed by atoms with Crippen LogP contribution in [0.2, 0.25) is 0 Å². The number of carbonyl (C=O) groups excluding carboxylic acids is 1. The highest BCUT2D eigenvalue weighted by Gasteiger charge is 2.03. The summed E-state index contributed by atoms with van der Waals surface area (Å²) in [5.74, 6) is 0. The van der Waals surface area contributed by atoms with Crippen LogP contribution in [0.25, 0.3) is 11.1 Å². The zero-order chi connectivity index (χ0) is 14.4. The van der Waals surface area contributed by atoms with Crippen molar-refractivity contribution in [3.05, 3.63) is 59.7 Å². The third-order valence-corrected chi connectivity index (χ3v) is 2.66. The number of hydrazone groups is 1. The SMILES string of the molecule is N#Cc1ccc(-c2ccccc2C=NNC(N)=O)cc1. The minimum Gasteiger partial charge on any atom is -0.350 e. The lowest BCUT2D eigenvalue weighted by Crippen LogP contribution is -2.24. The largest absolute Gasteiger partial charge is 0.350 e. The van der Waals surface area contributed by atoms with Crippen molar-refractivity contribution in [1.82, 2.24) is 5.43 Å². The summed E-state index contributed by atoms with van der Waals surface area (Å²) in [6, 6.07) is 16.2. The Balaban J connectivity index is 2.34. The number of nitrogens with two attached hydrogens (primary N) is 1. The molecule has 20 heavy (non-hydrogen) atoms. The number of nitrogens with one attached hydrogen (secondary N) is 1. The van der Waals surface area contributed by atoms with Crippen molar-refractivity contribution >= 4 is 12.2 Å². The number of hydrogen-bond donors (Lipinski definition) is 2. The second kappa shape index (κ2) is 6.16. The molecule has 0 radical (unpaired) electrons. The fraction of sp³-hybridized carbons (Fsp3) is 0. The zero-order valence-corrected chi connectivity index (χ0v) is 10.6. The lowest BCUT2D eigenvalue weighted by molar-refractivity contribution is 0.249. The number of carbonyl (C=O) groups is 1. The predicted molar refractivity (Wildman–Crippen MR) is 76.9 cm³/mol. The van der Waals surface area contributed by atoms with Gasteiger partial charge >= 0.3 is 6.03 Å². The second-order valence-corrected chi connectivity index (χ2v) is 4.01. The van der Waals surface area contributed by atoms with Crippen LogP contribution in [-0.2, 0) is 0 Å². The van der Waals surface area contributed by atoms with E-state index in [4.69, 9.17) is 11.0 Å². The Bertz CT molecular complexity index is 684. The first-order chi connectivity index (χ1) is 9.70. The molecule has 0 aliphatic rings. The van der Waals surface area contributed by atoms with Gasteiger partial charge in [0.25, 0.3) is 0 Å². The van der Waals surface area contributed by atoms with Crippen molar-refractivity contribution in [3.63, 3.8) is 0 Å². The molecule has 0 aliphatic carbocycles. The maximum Gasteiger partial charge on any atom is 0.332 e. The van der Waals surface area contributed by atoms with Crippen molar-refractivity contribution in [2.24, 2.45) is 10.8 Å². The Morgan fingerprint density at radius 2 is 1.90 bits per heavy atom. The molecule has 2 amide bonds. The lowest BCUT2D eigenvalue weighted by atomic mass is 9.99. The summed E-state index contributed by atoms with van der Waals surface area (Å²) in [6.45, 7) is 0. The molecule has 0 saturated heterocycles. The van der Waals surface area contributed by atoms with Crippen LogP contribution in [-0.4, -0.2) is 12.2 Å². The number of primary amides is 1. The van der Waals surface area contributed by atoms with E-state index in [1.54, 1.807) is 12.1 Å². The van der Waals surface area contributed by atoms with Crippen LogP contribution in [0.4, 0.5) is 4.79 Å². The van der Waals surface area contributed by atoms with E-state index in [1.807, 2.05) is 36.4 Å². The Kier molecular flexibility index (Phi) is 4.10. The molecule has 98 valence electrons. The number of rotatable bonds is 3. The minimum atomic E-state index is -0.711. The summed E-state index contributed by atoms with van der Waals surface area (Å²) < 4.78 is 0. The molecule has 3 N–H and O–H groups in total. The molecule has 0 unspecified atom stereocenters. The molecule has 2 aromatic rings. The van der Waals surface area contributed by atoms with E-state index in [-0.39, 0.29) is 0 Å². The van der Waals surface area contributed by atoms with Crippen LogP contribution in [0.3, 0.4) is 0 Å². The standard InChI is InChI=1S/C15H12N4O/c16-9-11-5-7-12(8-6-11)14-4-2-1-3-13(14)10-18-19-15(17)20/h1-8,10H,(H3,17,19,20). The summed E-state index contributed by atoms with van der Waals surface area (Å²) in [7, 11) is 0. The molecule has 2 rings (SSSR count). The fourth-order valence-electron chi connectivity index (χ4n) is 1.76. The van der Waals surface area contributed by atoms with Gasteiger partial charge in [-0.1, -0.05) is 36.4 Å². The molecule has 2 aromatic carbocycles. The molecule has 0 spiro atoms. The van der Waals surface area contributed by atoms with Crippen molar-refractivity contribution in [3.8, 4) is 17.2 Å². The molecule has 0 saturated carbocycles. The monoisotopic (exact) mass is 264 g/mol. The van der Waals surface area contributed by atoms with E-state index in [9.17, 15) is 4.79 Å². The summed E-state index contributed by atoms with van der Waals surface area (Å²) >= 11 is 0. The molecular formula is C15H12N4O. The van der Waals surface area contributed by atoms with Crippen LogP contribution in [0.5, 0.6) is 0 Å². The summed E-state index contributed by atoms with van der Waals surface area (Å²) in [5.41, 5.74) is 10.5.